The number of Topliss-reactive ketones (excluding diaryl/α,β-unsaturated/α-hetero) is 1. The van der Waals surface area contributed by atoms with Gasteiger partial charge >= 0.3 is 0 Å². The van der Waals surface area contributed by atoms with E-state index in [1.165, 1.54) is 0 Å². The smallest absolute Gasteiger partial charge is 0.136 e. The van der Waals surface area contributed by atoms with E-state index in [0.29, 0.717) is 12.8 Å². The summed E-state index contributed by atoms with van der Waals surface area (Å²) in [5, 5.41) is 9.16. The molecule has 1 aliphatic carbocycles. The molecule has 1 fully saturated rings. The molecule has 1 aromatic carbocycles. The van der Waals surface area contributed by atoms with E-state index < -0.39 is 5.41 Å². The van der Waals surface area contributed by atoms with Gasteiger partial charge in [0.25, 0.3) is 0 Å². The highest BCUT2D eigenvalue weighted by Crippen LogP contribution is 2.41. The lowest BCUT2D eigenvalue weighted by molar-refractivity contribution is -0.126. The van der Waals surface area contributed by atoms with Gasteiger partial charge in [-0.3, -0.25) is 4.79 Å². The van der Waals surface area contributed by atoms with E-state index in [0.717, 1.165) is 10.5 Å². The molecule has 3 heteroatoms. The predicted molar refractivity (Wildman–Crippen MR) is 59.8 cm³/mol. The second kappa shape index (κ2) is 3.71. The van der Waals surface area contributed by atoms with Crippen molar-refractivity contribution >= 4 is 17.5 Å². The number of carbonyl (C=O) groups is 1. The Morgan fingerprint density at radius 1 is 1.47 bits per heavy atom. The Kier molecular flexibility index (Phi) is 2.54. The molecule has 0 aliphatic heterocycles. The highest BCUT2D eigenvalue weighted by molar-refractivity contribution is 7.98. The zero-order valence-electron chi connectivity index (χ0n) is 8.49. The van der Waals surface area contributed by atoms with Crippen LogP contribution in [-0.4, -0.2) is 12.0 Å². The topological polar surface area (TPSA) is 40.9 Å². The Hall–Kier alpha value is -1.27. The molecular formula is C12H11NOS. The maximum Gasteiger partial charge on any atom is 0.136 e. The van der Waals surface area contributed by atoms with E-state index in [-0.39, 0.29) is 5.78 Å². The third-order valence-corrected chi connectivity index (χ3v) is 3.56. The molecule has 0 atom stereocenters. The van der Waals surface area contributed by atoms with Crippen molar-refractivity contribution in [3.63, 3.8) is 0 Å². The fourth-order valence-corrected chi connectivity index (χ4v) is 2.35. The minimum atomic E-state index is -0.539. The summed E-state index contributed by atoms with van der Waals surface area (Å²) in [5.41, 5.74) is 0.444. The lowest BCUT2D eigenvalue weighted by Gasteiger charge is -2.34. The van der Waals surface area contributed by atoms with Crippen LogP contribution in [0.4, 0.5) is 0 Å². The Morgan fingerprint density at radius 2 is 2.20 bits per heavy atom. The molecular weight excluding hydrogens is 206 g/mol. The second-order valence-corrected chi connectivity index (χ2v) is 4.70. The van der Waals surface area contributed by atoms with E-state index in [1.807, 2.05) is 30.5 Å². The first-order chi connectivity index (χ1) is 7.20. The van der Waals surface area contributed by atoms with Gasteiger partial charge in [0.15, 0.2) is 0 Å². The van der Waals surface area contributed by atoms with E-state index in [1.54, 1.807) is 11.8 Å². The largest absolute Gasteiger partial charge is 0.300 e. The molecule has 0 unspecified atom stereocenters. The molecule has 0 N–H and O–H groups in total. The van der Waals surface area contributed by atoms with Crippen LogP contribution in [0.2, 0.25) is 0 Å². The number of hydrogen-bond acceptors (Lipinski definition) is 3. The van der Waals surface area contributed by atoms with E-state index in [2.05, 4.69) is 6.07 Å². The summed E-state index contributed by atoms with van der Waals surface area (Å²) >= 11 is 1.65. The summed E-state index contributed by atoms with van der Waals surface area (Å²) in [6.45, 7) is 0. The minimum Gasteiger partial charge on any atom is -0.300 e. The summed E-state index contributed by atoms with van der Waals surface area (Å²) in [6.07, 6.45) is 2.76. The van der Waals surface area contributed by atoms with Gasteiger partial charge in [-0.05, 0) is 24.0 Å². The number of carbonyl (C=O) groups excluding carboxylic acids is 1. The molecule has 1 aromatic rings. The van der Waals surface area contributed by atoms with Gasteiger partial charge in [0.2, 0.25) is 0 Å². The molecule has 2 rings (SSSR count). The molecule has 1 aliphatic rings. The van der Waals surface area contributed by atoms with E-state index in [9.17, 15) is 4.79 Å². The number of nitriles is 1. The van der Waals surface area contributed by atoms with Crippen LogP contribution in [0.5, 0.6) is 0 Å². The third kappa shape index (κ3) is 1.66. The molecule has 0 bridgehead atoms. The molecule has 0 amide bonds. The van der Waals surface area contributed by atoms with Gasteiger partial charge < -0.3 is 0 Å². The molecule has 1 saturated carbocycles. The second-order valence-electron chi connectivity index (χ2n) is 3.82. The van der Waals surface area contributed by atoms with Crippen LogP contribution in [0, 0.1) is 11.3 Å². The van der Waals surface area contributed by atoms with Crippen LogP contribution in [0.15, 0.2) is 29.2 Å². The predicted octanol–water partition coefficient (Wildman–Crippen LogP) is 2.53. The maximum atomic E-state index is 11.0. The highest BCUT2D eigenvalue weighted by Gasteiger charge is 2.45. The van der Waals surface area contributed by atoms with Crippen molar-refractivity contribution in [3.05, 3.63) is 29.8 Å². The van der Waals surface area contributed by atoms with Crippen molar-refractivity contribution < 1.29 is 4.79 Å². The van der Waals surface area contributed by atoms with Crippen molar-refractivity contribution in [2.45, 2.75) is 23.2 Å². The van der Waals surface area contributed by atoms with Crippen LogP contribution in [-0.2, 0) is 10.2 Å². The van der Waals surface area contributed by atoms with Gasteiger partial charge in [0.1, 0.15) is 5.78 Å². The molecule has 0 spiro atoms. The Balaban J connectivity index is 2.36. The molecule has 76 valence electrons. The van der Waals surface area contributed by atoms with Crippen molar-refractivity contribution in [1.82, 2.24) is 0 Å². The number of rotatable bonds is 2. The van der Waals surface area contributed by atoms with Crippen molar-refractivity contribution in [2.24, 2.45) is 0 Å². The zero-order valence-corrected chi connectivity index (χ0v) is 9.30. The first kappa shape index (κ1) is 10.3. The quantitative estimate of drug-likeness (QED) is 0.715. The average molecular weight is 217 g/mol. The first-order valence-electron chi connectivity index (χ1n) is 4.78. The fourth-order valence-electron chi connectivity index (χ4n) is 1.89. The number of nitrogens with zero attached hydrogens (tertiary/aromatic N) is 1. The lowest BCUT2D eigenvalue weighted by Crippen LogP contribution is -2.40. The van der Waals surface area contributed by atoms with Crippen molar-refractivity contribution in [3.8, 4) is 6.07 Å². The lowest BCUT2D eigenvalue weighted by atomic mass is 9.65. The maximum absolute atomic E-state index is 11.0. The van der Waals surface area contributed by atoms with E-state index >= 15 is 0 Å². The third-order valence-electron chi connectivity index (χ3n) is 2.83. The van der Waals surface area contributed by atoms with Gasteiger partial charge in [-0.1, -0.05) is 12.1 Å². The minimum absolute atomic E-state index is 0.186. The Morgan fingerprint density at radius 3 is 2.73 bits per heavy atom. The highest BCUT2D eigenvalue weighted by atomic mass is 32.2. The molecule has 15 heavy (non-hydrogen) atoms. The fraction of sp³-hybridized carbons (Fsp3) is 0.333. The standard InChI is InChI=1S/C12H11NOS/c1-15-11-4-2-3-9(5-11)12(8-13)6-10(14)7-12/h2-5H,6-7H2,1H3. The summed E-state index contributed by atoms with van der Waals surface area (Å²) in [4.78, 5) is 12.2. The Bertz CT molecular complexity index is 439. The van der Waals surface area contributed by atoms with Gasteiger partial charge in [-0.25, -0.2) is 0 Å². The molecule has 0 radical (unpaired) electrons. The number of hydrogen-bond donors (Lipinski definition) is 0. The number of thioether (sulfide) groups is 1. The van der Waals surface area contributed by atoms with Crippen LogP contribution in [0.3, 0.4) is 0 Å². The molecule has 0 saturated heterocycles. The van der Waals surface area contributed by atoms with Gasteiger partial charge in [0.05, 0.1) is 11.5 Å². The average Bonchev–Trinajstić information content (AvgIpc) is 2.24. The number of benzene rings is 1. The van der Waals surface area contributed by atoms with Gasteiger partial charge in [-0.2, -0.15) is 5.26 Å². The van der Waals surface area contributed by atoms with Crippen molar-refractivity contribution in [1.29, 1.82) is 5.26 Å². The van der Waals surface area contributed by atoms with Crippen LogP contribution in [0.1, 0.15) is 18.4 Å². The summed E-state index contributed by atoms with van der Waals surface area (Å²) in [5.74, 6) is 0.186. The molecule has 0 heterocycles. The van der Waals surface area contributed by atoms with Crippen molar-refractivity contribution in [2.75, 3.05) is 6.26 Å². The normalized spacial score (nSPS) is 18.0. The van der Waals surface area contributed by atoms with Gasteiger partial charge in [0, 0.05) is 17.7 Å². The Labute approximate surface area is 93.3 Å². The SMILES string of the molecule is CSc1cccc(C2(C#N)CC(=O)C2)c1. The molecule has 2 nitrogen and oxygen atoms in total. The number of ketones is 1. The van der Waals surface area contributed by atoms with E-state index in [4.69, 9.17) is 5.26 Å². The van der Waals surface area contributed by atoms with Crippen LogP contribution in [0.25, 0.3) is 0 Å². The first-order valence-corrected chi connectivity index (χ1v) is 6.00. The zero-order chi connectivity index (χ0) is 10.9. The van der Waals surface area contributed by atoms with Crippen LogP contribution < -0.4 is 0 Å². The summed E-state index contributed by atoms with van der Waals surface area (Å²) < 4.78 is 0. The monoisotopic (exact) mass is 217 g/mol. The van der Waals surface area contributed by atoms with Crippen LogP contribution >= 0.6 is 11.8 Å². The molecule has 0 aromatic heterocycles. The van der Waals surface area contributed by atoms with Gasteiger partial charge in [-0.15, -0.1) is 11.8 Å². The summed E-state index contributed by atoms with van der Waals surface area (Å²) in [6, 6.07) is 10.2. The summed E-state index contributed by atoms with van der Waals surface area (Å²) in [7, 11) is 0.